The maximum atomic E-state index is 5.91. The molecular weight excluding hydrogens is 348 g/mol. The standard InChI is InChI=1S/C14H32O6Si2.H4Si/c1-8-15-21(16-9-2,17-10-3)14(7)22(18-11-4,19-12-5)20-13-6;/h7-13H2,1-6H3;1H4. The predicted molar refractivity (Wildman–Crippen MR) is 102 cm³/mol. The third-order valence-corrected chi connectivity index (χ3v) is 10.1. The molecule has 9 heteroatoms. The van der Waals surface area contributed by atoms with Crippen LogP contribution in [0.1, 0.15) is 41.5 Å². The van der Waals surface area contributed by atoms with Crippen molar-refractivity contribution in [3.8, 4) is 0 Å². The second-order valence-electron chi connectivity index (χ2n) is 4.19. The van der Waals surface area contributed by atoms with Crippen LogP contribution in [0.3, 0.4) is 0 Å². The SMILES string of the molecule is C=C([Si](OCC)(OCC)OCC)[Si](OCC)(OCC)OCC.[SiH4]. The molecule has 0 spiro atoms. The van der Waals surface area contributed by atoms with Crippen molar-refractivity contribution < 1.29 is 26.6 Å². The Balaban J connectivity index is 0. The fourth-order valence-corrected chi connectivity index (χ4v) is 8.72. The first-order valence-corrected chi connectivity index (χ1v) is 11.5. The third-order valence-electron chi connectivity index (χ3n) is 2.75. The molecule has 0 aromatic heterocycles. The summed E-state index contributed by atoms with van der Waals surface area (Å²) in [6.45, 7) is 18.3. The minimum absolute atomic E-state index is 0. The zero-order valence-electron chi connectivity index (χ0n) is 14.9. The Bertz CT molecular complexity index is 255. The molecule has 0 fully saturated rings. The lowest BCUT2D eigenvalue weighted by atomic mass is 10.9. The van der Waals surface area contributed by atoms with E-state index in [2.05, 4.69) is 6.58 Å². The van der Waals surface area contributed by atoms with Gasteiger partial charge in [0, 0.05) is 39.6 Å². The fourth-order valence-electron chi connectivity index (χ4n) is 2.10. The zero-order valence-corrected chi connectivity index (χ0v) is 16.9. The highest BCUT2D eigenvalue weighted by molar-refractivity contribution is 6.91. The van der Waals surface area contributed by atoms with Crippen LogP contribution in [0.5, 0.6) is 0 Å². The Kier molecular flexibility index (Phi) is 14.8. The van der Waals surface area contributed by atoms with Crippen molar-refractivity contribution in [1.82, 2.24) is 0 Å². The van der Waals surface area contributed by atoms with E-state index in [4.69, 9.17) is 26.6 Å². The van der Waals surface area contributed by atoms with Gasteiger partial charge < -0.3 is 26.6 Å². The molecule has 0 unspecified atom stereocenters. The van der Waals surface area contributed by atoms with Crippen molar-refractivity contribution in [2.24, 2.45) is 0 Å². The monoisotopic (exact) mass is 384 g/mol. The van der Waals surface area contributed by atoms with Gasteiger partial charge in [-0.15, -0.1) is 0 Å². The summed E-state index contributed by atoms with van der Waals surface area (Å²) in [6.07, 6.45) is 0. The maximum absolute atomic E-state index is 5.91. The molecular formula is C14H36O6Si3. The number of hydrogen-bond acceptors (Lipinski definition) is 6. The lowest BCUT2D eigenvalue weighted by Gasteiger charge is -2.37. The van der Waals surface area contributed by atoms with Crippen molar-refractivity contribution in [1.29, 1.82) is 0 Å². The van der Waals surface area contributed by atoms with Gasteiger partial charge in [-0.2, -0.15) is 0 Å². The average Bonchev–Trinajstić information content (AvgIpc) is 2.48. The van der Waals surface area contributed by atoms with Crippen molar-refractivity contribution in [2.45, 2.75) is 41.5 Å². The van der Waals surface area contributed by atoms with Gasteiger partial charge in [0.25, 0.3) is 0 Å². The molecule has 0 aliphatic carbocycles. The summed E-state index contributed by atoms with van der Waals surface area (Å²) in [4.78, 5) is 0.580. The van der Waals surface area contributed by atoms with E-state index in [0.29, 0.717) is 44.5 Å². The molecule has 0 aliphatic heterocycles. The van der Waals surface area contributed by atoms with Gasteiger partial charge in [0.2, 0.25) is 0 Å². The van der Waals surface area contributed by atoms with Crippen LogP contribution >= 0.6 is 0 Å². The molecule has 0 N–H and O–H groups in total. The third kappa shape index (κ3) is 6.88. The van der Waals surface area contributed by atoms with Gasteiger partial charge in [0.05, 0.1) is 4.82 Å². The van der Waals surface area contributed by atoms with Crippen LogP contribution in [0.2, 0.25) is 0 Å². The molecule has 0 aromatic rings. The molecule has 0 aliphatic rings. The highest BCUT2D eigenvalue weighted by Gasteiger charge is 2.60. The molecule has 0 aromatic carbocycles. The van der Waals surface area contributed by atoms with Gasteiger partial charge in [0.15, 0.2) is 0 Å². The van der Waals surface area contributed by atoms with Crippen LogP contribution < -0.4 is 0 Å². The lowest BCUT2D eigenvalue weighted by molar-refractivity contribution is 0.0605. The van der Waals surface area contributed by atoms with Gasteiger partial charge in [0.1, 0.15) is 0 Å². The van der Waals surface area contributed by atoms with E-state index in [9.17, 15) is 0 Å². The van der Waals surface area contributed by atoms with Gasteiger partial charge in [-0.25, -0.2) is 0 Å². The molecule has 140 valence electrons. The van der Waals surface area contributed by atoms with E-state index < -0.39 is 17.6 Å². The molecule has 23 heavy (non-hydrogen) atoms. The maximum Gasteiger partial charge on any atom is 0.535 e. The van der Waals surface area contributed by atoms with Crippen molar-refractivity contribution in [2.75, 3.05) is 39.6 Å². The molecule has 0 saturated heterocycles. The summed E-state index contributed by atoms with van der Waals surface area (Å²) in [6, 6.07) is 0. The molecule has 0 radical (unpaired) electrons. The average molecular weight is 385 g/mol. The molecule has 0 heterocycles. The molecule has 0 bridgehead atoms. The van der Waals surface area contributed by atoms with Crippen LogP contribution in [0.25, 0.3) is 0 Å². The highest BCUT2D eigenvalue weighted by atomic mass is 28.5. The first-order chi connectivity index (χ1) is 10.5. The molecule has 6 nitrogen and oxygen atoms in total. The highest BCUT2D eigenvalue weighted by Crippen LogP contribution is 2.30. The second-order valence-corrected chi connectivity index (χ2v) is 9.85. The summed E-state index contributed by atoms with van der Waals surface area (Å²) in [5, 5.41) is 0. The number of hydrogen-bond donors (Lipinski definition) is 0. The van der Waals surface area contributed by atoms with Crippen LogP contribution in [-0.4, -0.2) is 68.2 Å². The Morgan fingerprint density at radius 2 is 0.739 bits per heavy atom. The number of rotatable bonds is 14. The fraction of sp³-hybridized carbons (Fsp3) is 0.857. The summed E-state index contributed by atoms with van der Waals surface area (Å²) >= 11 is 0. The summed E-state index contributed by atoms with van der Waals surface area (Å²) in [7, 11) is -6.31. The largest absolute Gasteiger partial charge is 0.535 e. The van der Waals surface area contributed by atoms with Gasteiger partial charge >= 0.3 is 17.6 Å². The van der Waals surface area contributed by atoms with E-state index in [1.54, 1.807) is 0 Å². The Morgan fingerprint density at radius 3 is 0.870 bits per heavy atom. The van der Waals surface area contributed by atoms with Crippen molar-refractivity contribution >= 4 is 28.6 Å². The van der Waals surface area contributed by atoms with Crippen molar-refractivity contribution in [3.05, 3.63) is 11.4 Å². The molecule has 0 rings (SSSR count). The summed E-state index contributed by atoms with van der Waals surface area (Å²) in [5.74, 6) is 0. The normalized spacial score (nSPS) is 12.1. The van der Waals surface area contributed by atoms with E-state index in [1.165, 1.54) is 0 Å². The molecule has 0 atom stereocenters. The van der Waals surface area contributed by atoms with Crippen LogP contribution in [0, 0.1) is 0 Å². The minimum atomic E-state index is -3.15. The predicted octanol–water partition coefficient (Wildman–Crippen LogP) is 1.27. The van der Waals surface area contributed by atoms with Gasteiger partial charge in [-0.1, -0.05) is 6.58 Å². The molecule has 0 amide bonds. The lowest BCUT2D eigenvalue weighted by Crippen LogP contribution is -2.61. The first kappa shape index (κ1) is 25.4. The van der Waals surface area contributed by atoms with Crippen molar-refractivity contribution in [3.63, 3.8) is 0 Å². The van der Waals surface area contributed by atoms with Crippen LogP contribution in [-0.2, 0) is 26.6 Å². The zero-order chi connectivity index (χ0) is 17.1. The Morgan fingerprint density at radius 1 is 0.565 bits per heavy atom. The van der Waals surface area contributed by atoms with Gasteiger partial charge in [-0.05, 0) is 52.5 Å². The minimum Gasteiger partial charge on any atom is -0.371 e. The summed E-state index contributed by atoms with van der Waals surface area (Å²) in [5.41, 5.74) is 0. The molecule has 0 saturated carbocycles. The van der Waals surface area contributed by atoms with E-state index in [-0.39, 0.29) is 11.0 Å². The first-order valence-electron chi connectivity index (χ1n) is 8.05. The van der Waals surface area contributed by atoms with Gasteiger partial charge in [-0.3, -0.25) is 0 Å². The topological polar surface area (TPSA) is 55.4 Å². The summed E-state index contributed by atoms with van der Waals surface area (Å²) < 4.78 is 35.4. The Hall–Kier alpha value is 0.151. The smallest absolute Gasteiger partial charge is 0.371 e. The van der Waals surface area contributed by atoms with E-state index in [1.807, 2.05) is 41.5 Å². The quantitative estimate of drug-likeness (QED) is 0.420. The van der Waals surface area contributed by atoms with E-state index in [0.717, 1.165) is 0 Å². The van der Waals surface area contributed by atoms with Crippen LogP contribution in [0.15, 0.2) is 11.4 Å². The Labute approximate surface area is 148 Å². The second kappa shape index (κ2) is 13.4. The van der Waals surface area contributed by atoms with E-state index >= 15 is 0 Å². The van der Waals surface area contributed by atoms with Crippen LogP contribution in [0.4, 0.5) is 0 Å².